The molecule has 154 valence electrons. The zero-order valence-corrected chi connectivity index (χ0v) is 16.1. The molecule has 1 aromatic carbocycles. The lowest BCUT2D eigenvalue weighted by molar-refractivity contribution is 0.0575. The molecule has 0 spiro atoms. The third kappa shape index (κ3) is 3.33. The van der Waals surface area contributed by atoms with Crippen LogP contribution in [0.25, 0.3) is 11.4 Å². The predicted octanol–water partition coefficient (Wildman–Crippen LogP) is 2.49. The van der Waals surface area contributed by atoms with E-state index in [1.54, 1.807) is 43.0 Å². The number of aromatic carboxylic acids is 1. The van der Waals surface area contributed by atoms with Crippen LogP contribution in [0.5, 0.6) is 0 Å². The number of carbonyl (C=O) groups excluding carboxylic acids is 1. The van der Waals surface area contributed by atoms with E-state index in [1.165, 1.54) is 17.0 Å². The van der Waals surface area contributed by atoms with Gasteiger partial charge in [0.25, 0.3) is 5.91 Å². The van der Waals surface area contributed by atoms with Crippen LogP contribution in [0, 0.1) is 0 Å². The van der Waals surface area contributed by atoms with Crippen LogP contribution in [0.3, 0.4) is 0 Å². The Labute approximate surface area is 175 Å². The van der Waals surface area contributed by atoms with E-state index in [9.17, 15) is 14.7 Å². The van der Waals surface area contributed by atoms with Crippen molar-refractivity contribution in [2.45, 2.75) is 19.0 Å². The average Bonchev–Trinajstić information content (AvgIpc) is 3.47. The Bertz CT molecular complexity index is 1270. The van der Waals surface area contributed by atoms with Gasteiger partial charge in [0.15, 0.2) is 0 Å². The molecular formula is C21H16N6O4. The Kier molecular flexibility index (Phi) is 4.51. The zero-order chi connectivity index (χ0) is 21.4. The first-order valence-corrected chi connectivity index (χ1v) is 9.50. The summed E-state index contributed by atoms with van der Waals surface area (Å²) in [5, 5.41) is 13.6. The molecule has 0 saturated heterocycles. The largest absolute Gasteiger partial charge is 0.478 e. The molecule has 0 saturated carbocycles. The van der Waals surface area contributed by atoms with Crippen molar-refractivity contribution in [3.63, 3.8) is 0 Å². The second kappa shape index (κ2) is 7.48. The van der Waals surface area contributed by atoms with Crippen molar-refractivity contribution < 1.29 is 19.2 Å². The van der Waals surface area contributed by atoms with Gasteiger partial charge >= 0.3 is 5.97 Å². The van der Waals surface area contributed by atoms with Gasteiger partial charge in [-0.15, -0.1) is 0 Å². The highest BCUT2D eigenvalue weighted by Gasteiger charge is 2.37. The van der Waals surface area contributed by atoms with Crippen molar-refractivity contribution in [1.29, 1.82) is 0 Å². The SMILES string of the molecule is O=C(O)c1ccccc1C(=O)N1Cc2[nH]cnc2C[C@H]1c1nc(-c2ccncc2)no1. The molecule has 1 atom stereocenters. The Morgan fingerprint density at radius 2 is 1.90 bits per heavy atom. The summed E-state index contributed by atoms with van der Waals surface area (Å²) in [6.45, 7) is 0.208. The molecule has 4 heterocycles. The van der Waals surface area contributed by atoms with E-state index in [0.29, 0.717) is 12.2 Å². The molecule has 0 unspecified atom stereocenters. The van der Waals surface area contributed by atoms with E-state index in [1.807, 2.05) is 0 Å². The number of nitrogens with one attached hydrogen (secondary N) is 1. The topological polar surface area (TPSA) is 138 Å². The highest BCUT2D eigenvalue weighted by Crippen LogP contribution is 2.33. The summed E-state index contributed by atoms with van der Waals surface area (Å²) in [5.41, 5.74) is 2.34. The molecule has 1 aliphatic heterocycles. The number of hydrogen-bond donors (Lipinski definition) is 2. The minimum atomic E-state index is -1.17. The zero-order valence-electron chi connectivity index (χ0n) is 16.1. The number of carbonyl (C=O) groups is 2. The highest BCUT2D eigenvalue weighted by molar-refractivity contribution is 6.04. The molecular weight excluding hydrogens is 400 g/mol. The van der Waals surface area contributed by atoms with Crippen molar-refractivity contribution in [3.8, 4) is 11.4 Å². The fourth-order valence-electron chi connectivity index (χ4n) is 3.67. The number of hydrogen-bond acceptors (Lipinski definition) is 7. The van der Waals surface area contributed by atoms with Gasteiger partial charge in [0.05, 0.1) is 35.4 Å². The molecule has 31 heavy (non-hydrogen) atoms. The van der Waals surface area contributed by atoms with Crippen LogP contribution < -0.4 is 0 Å². The van der Waals surface area contributed by atoms with Crippen LogP contribution in [0.4, 0.5) is 0 Å². The fourth-order valence-corrected chi connectivity index (χ4v) is 3.67. The molecule has 10 nitrogen and oxygen atoms in total. The third-order valence-electron chi connectivity index (χ3n) is 5.21. The van der Waals surface area contributed by atoms with Crippen LogP contribution in [0.1, 0.15) is 44.0 Å². The Hall–Kier alpha value is -4.34. The molecule has 1 amide bonds. The molecule has 2 N–H and O–H groups in total. The number of aromatic amines is 1. The van der Waals surface area contributed by atoms with E-state index < -0.39 is 17.9 Å². The van der Waals surface area contributed by atoms with E-state index in [2.05, 4.69) is 25.1 Å². The van der Waals surface area contributed by atoms with Gasteiger partial charge in [-0.25, -0.2) is 9.78 Å². The Balaban J connectivity index is 1.55. The number of carboxylic acid groups (broad SMARTS) is 1. The van der Waals surface area contributed by atoms with E-state index >= 15 is 0 Å². The van der Waals surface area contributed by atoms with Crippen LogP contribution in [0.15, 0.2) is 59.6 Å². The maximum absolute atomic E-state index is 13.4. The lowest BCUT2D eigenvalue weighted by atomic mass is 9.99. The minimum Gasteiger partial charge on any atom is -0.478 e. The standard InChI is InChI=1S/C21H16N6O4/c28-20(13-3-1-2-4-14(13)21(29)30)27-10-16-15(23-11-24-16)9-17(27)19-25-18(26-31-19)12-5-7-22-8-6-12/h1-8,11,17H,9-10H2,(H,23,24)(H,29,30)/t17-/m0/s1. The van der Waals surface area contributed by atoms with Crippen molar-refractivity contribution in [2.75, 3.05) is 0 Å². The van der Waals surface area contributed by atoms with Crippen LogP contribution >= 0.6 is 0 Å². The monoisotopic (exact) mass is 416 g/mol. The molecule has 0 radical (unpaired) electrons. The van der Waals surface area contributed by atoms with Gasteiger partial charge in [-0.3, -0.25) is 9.78 Å². The average molecular weight is 416 g/mol. The van der Waals surface area contributed by atoms with Gasteiger partial charge in [-0.2, -0.15) is 4.98 Å². The van der Waals surface area contributed by atoms with Gasteiger partial charge < -0.3 is 19.5 Å². The molecule has 3 aromatic heterocycles. The fraction of sp³-hybridized carbons (Fsp3) is 0.143. The first-order valence-electron chi connectivity index (χ1n) is 9.50. The van der Waals surface area contributed by atoms with Gasteiger partial charge in [0.1, 0.15) is 6.04 Å². The molecule has 5 rings (SSSR count). The smallest absolute Gasteiger partial charge is 0.336 e. The summed E-state index contributed by atoms with van der Waals surface area (Å²) in [7, 11) is 0. The van der Waals surface area contributed by atoms with E-state index in [4.69, 9.17) is 4.52 Å². The van der Waals surface area contributed by atoms with E-state index in [0.717, 1.165) is 17.0 Å². The second-order valence-corrected chi connectivity index (χ2v) is 7.02. The van der Waals surface area contributed by atoms with Crippen LogP contribution in [0.2, 0.25) is 0 Å². The van der Waals surface area contributed by atoms with E-state index in [-0.39, 0.29) is 23.6 Å². The Morgan fingerprint density at radius 3 is 2.68 bits per heavy atom. The normalized spacial score (nSPS) is 15.5. The molecule has 0 aliphatic carbocycles. The number of aromatic nitrogens is 5. The Morgan fingerprint density at radius 1 is 1.13 bits per heavy atom. The van der Waals surface area contributed by atoms with Crippen molar-refractivity contribution >= 4 is 11.9 Å². The number of nitrogens with zero attached hydrogens (tertiary/aromatic N) is 5. The summed E-state index contributed by atoms with van der Waals surface area (Å²) >= 11 is 0. The van der Waals surface area contributed by atoms with Crippen LogP contribution in [-0.4, -0.2) is 47.0 Å². The number of rotatable bonds is 4. The molecule has 0 bridgehead atoms. The number of amides is 1. The molecule has 1 aliphatic rings. The van der Waals surface area contributed by atoms with Crippen LogP contribution in [-0.2, 0) is 13.0 Å². The summed E-state index contributed by atoms with van der Waals surface area (Å²) in [4.78, 5) is 42.5. The maximum Gasteiger partial charge on any atom is 0.336 e. The van der Waals surface area contributed by atoms with Crippen molar-refractivity contribution in [2.24, 2.45) is 0 Å². The highest BCUT2D eigenvalue weighted by atomic mass is 16.5. The molecule has 4 aromatic rings. The minimum absolute atomic E-state index is 0.0651. The van der Waals surface area contributed by atoms with Gasteiger partial charge in [0.2, 0.25) is 11.7 Å². The summed E-state index contributed by atoms with van der Waals surface area (Å²) in [6, 6.07) is 9.05. The first-order chi connectivity index (χ1) is 15.1. The lowest BCUT2D eigenvalue weighted by Crippen LogP contribution is -2.39. The summed E-state index contributed by atoms with van der Waals surface area (Å²) in [6.07, 6.45) is 5.18. The first kappa shape index (κ1) is 18.7. The number of imidazole rings is 1. The maximum atomic E-state index is 13.4. The quantitative estimate of drug-likeness (QED) is 0.517. The summed E-state index contributed by atoms with van der Waals surface area (Å²) in [5.74, 6) is -0.977. The number of pyridine rings is 1. The third-order valence-corrected chi connectivity index (χ3v) is 5.21. The number of benzene rings is 1. The second-order valence-electron chi connectivity index (χ2n) is 7.02. The van der Waals surface area contributed by atoms with Gasteiger partial charge in [0, 0.05) is 24.4 Å². The lowest BCUT2D eigenvalue weighted by Gasteiger charge is -2.33. The molecule has 0 fully saturated rings. The predicted molar refractivity (Wildman–Crippen MR) is 106 cm³/mol. The molecule has 10 heteroatoms. The number of fused-ring (bicyclic) bond motifs is 1. The van der Waals surface area contributed by atoms with Crippen molar-refractivity contribution in [1.82, 2.24) is 30.0 Å². The number of carboxylic acids is 1. The van der Waals surface area contributed by atoms with Gasteiger partial charge in [-0.1, -0.05) is 17.3 Å². The van der Waals surface area contributed by atoms with Crippen molar-refractivity contribution in [3.05, 3.63) is 83.5 Å². The van der Waals surface area contributed by atoms with Gasteiger partial charge in [-0.05, 0) is 24.3 Å². The number of H-pyrrole nitrogens is 1. The summed E-state index contributed by atoms with van der Waals surface area (Å²) < 4.78 is 5.51.